The van der Waals surface area contributed by atoms with E-state index in [0.29, 0.717) is 0 Å². The van der Waals surface area contributed by atoms with Crippen molar-refractivity contribution in [3.05, 3.63) is 16.1 Å². The van der Waals surface area contributed by atoms with E-state index < -0.39 is 0 Å². The number of rotatable bonds is 4. The summed E-state index contributed by atoms with van der Waals surface area (Å²) in [5.41, 5.74) is 1.30. The van der Waals surface area contributed by atoms with Crippen LogP contribution in [0.1, 0.15) is 50.7 Å². The molecule has 2 aliphatic heterocycles. The minimum Gasteiger partial charge on any atom is -0.350 e. The summed E-state index contributed by atoms with van der Waals surface area (Å²) in [4.78, 5) is 14.3. The Morgan fingerprint density at radius 3 is 2.65 bits per heavy atom. The van der Waals surface area contributed by atoms with Gasteiger partial charge in [0.1, 0.15) is 5.01 Å². The fourth-order valence-electron chi connectivity index (χ4n) is 3.73. The lowest BCUT2D eigenvalue weighted by atomic mass is 9.93. The van der Waals surface area contributed by atoms with E-state index in [4.69, 9.17) is 4.98 Å². The van der Waals surface area contributed by atoms with Gasteiger partial charge in [-0.3, -0.25) is 4.99 Å². The summed E-state index contributed by atoms with van der Waals surface area (Å²) < 4.78 is 0. The Hall–Kier alpha value is -0.410. The highest BCUT2D eigenvalue weighted by molar-refractivity contribution is 14.0. The predicted octanol–water partition coefficient (Wildman–Crippen LogP) is 3.55. The maximum absolute atomic E-state index is 4.77. The second-order valence-corrected chi connectivity index (χ2v) is 9.33. The first kappa shape index (κ1) is 21.9. The number of aliphatic imine (C=N–C) groups is 1. The van der Waals surface area contributed by atoms with Crippen LogP contribution in [0.25, 0.3) is 0 Å². The van der Waals surface area contributed by atoms with Crippen LogP contribution < -0.4 is 5.32 Å². The third kappa shape index (κ3) is 5.79. The molecular weight excluding hydrogens is 457 g/mol. The number of guanidine groups is 1. The Kier molecular flexibility index (Phi) is 8.15. The molecule has 0 radical (unpaired) electrons. The monoisotopic (exact) mass is 491 g/mol. The van der Waals surface area contributed by atoms with Gasteiger partial charge < -0.3 is 15.1 Å². The summed E-state index contributed by atoms with van der Waals surface area (Å²) in [6.45, 7) is 13.5. The van der Waals surface area contributed by atoms with Gasteiger partial charge in [0.2, 0.25) is 0 Å². The lowest BCUT2D eigenvalue weighted by Crippen LogP contribution is -2.40. The molecule has 2 aliphatic rings. The smallest absolute Gasteiger partial charge is 0.194 e. The van der Waals surface area contributed by atoms with Gasteiger partial charge in [-0.2, -0.15) is 0 Å². The van der Waals surface area contributed by atoms with Gasteiger partial charge >= 0.3 is 0 Å². The van der Waals surface area contributed by atoms with Crippen LogP contribution in [0.3, 0.4) is 0 Å². The lowest BCUT2D eigenvalue weighted by molar-refractivity contribution is 0.281. The normalized spacial score (nSPS) is 21.9. The van der Waals surface area contributed by atoms with Crippen molar-refractivity contribution in [2.24, 2.45) is 10.9 Å². The predicted molar refractivity (Wildman–Crippen MR) is 122 cm³/mol. The number of likely N-dealkylation sites (tertiary alicyclic amines) is 2. The molecule has 0 saturated carbocycles. The molecule has 1 unspecified atom stereocenters. The Labute approximate surface area is 179 Å². The zero-order valence-corrected chi connectivity index (χ0v) is 19.8. The molecule has 2 saturated heterocycles. The minimum atomic E-state index is 0. The maximum Gasteiger partial charge on any atom is 0.194 e. The van der Waals surface area contributed by atoms with E-state index in [1.165, 1.54) is 44.6 Å². The molecule has 5 nitrogen and oxygen atoms in total. The van der Waals surface area contributed by atoms with Crippen LogP contribution in [0.5, 0.6) is 0 Å². The highest BCUT2D eigenvalue weighted by atomic mass is 127. The average molecular weight is 491 g/mol. The third-order valence-corrected chi connectivity index (χ3v) is 6.08. The molecule has 2 fully saturated rings. The number of nitrogens with one attached hydrogen (secondary N) is 1. The van der Waals surface area contributed by atoms with Crippen LogP contribution in [-0.2, 0) is 12.0 Å². The van der Waals surface area contributed by atoms with Crippen LogP contribution in [0.2, 0.25) is 0 Å². The molecule has 148 valence electrons. The number of halogens is 1. The Morgan fingerprint density at radius 1 is 1.31 bits per heavy atom. The zero-order valence-electron chi connectivity index (χ0n) is 16.6. The summed E-state index contributed by atoms with van der Waals surface area (Å²) in [6, 6.07) is 0. The molecular formula is C19H34IN5S. The van der Waals surface area contributed by atoms with Gasteiger partial charge in [0.15, 0.2) is 5.96 Å². The molecule has 1 N–H and O–H groups in total. The van der Waals surface area contributed by atoms with Crippen molar-refractivity contribution >= 4 is 41.3 Å². The van der Waals surface area contributed by atoms with Crippen molar-refractivity contribution in [1.82, 2.24) is 20.1 Å². The molecule has 0 spiro atoms. The molecule has 1 aromatic heterocycles. The van der Waals surface area contributed by atoms with Crippen LogP contribution in [0, 0.1) is 5.92 Å². The fraction of sp³-hybridized carbons (Fsp3) is 0.789. The Balaban J connectivity index is 0.00000243. The molecule has 0 aliphatic carbocycles. The van der Waals surface area contributed by atoms with Crippen molar-refractivity contribution in [2.45, 2.75) is 52.0 Å². The first-order chi connectivity index (χ1) is 12.0. The van der Waals surface area contributed by atoms with E-state index in [9.17, 15) is 0 Å². The van der Waals surface area contributed by atoms with Gasteiger partial charge in [0, 0.05) is 37.5 Å². The van der Waals surface area contributed by atoms with E-state index in [2.05, 4.69) is 46.3 Å². The van der Waals surface area contributed by atoms with Crippen molar-refractivity contribution in [2.75, 3.05) is 39.8 Å². The van der Waals surface area contributed by atoms with Crippen LogP contribution >= 0.6 is 35.3 Å². The van der Waals surface area contributed by atoms with Crippen molar-refractivity contribution in [3.63, 3.8) is 0 Å². The van der Waals surface area contributed by atoms with Crippen LogP contribution in [0.4, 0.5) is 0 Å². The van der Waals surface area contributed by atoms with Crippen LogP contribution in [-0.4, -0.2) is 60.5 Å². The number of nitrogens with zero attached hydrogens (tertiary/aromatic N) is 4. The average Bonchev–Trinajstić information content (AvgIpc) is 3.29. The van der Waals surface area contributed by atoms with Gasteiger partial charge in [-0.15, -0.1) is 35.3 Å². The molecule has 0 amide bonds. The van der Waals surface area contributed by atoms with Crippen LogP contribution in [0.15, 0.2) is 10.4 Å². The molecule has 3 rings (SSSR count). The van der Waals surface area contributed by atoms with Gasteiger partial charge in [-0.25, -0.2) is 4.98 Å². The van der Waals surface area contributed by atoms with E-state index in [1.807, 2.05) is 7.05 Å². The number of hydrogen-bond donors (Lipinski definition) is 1. The summed E-state index contributed by atoms with van der Waals surface area (Å²) in [7, 11) is 1.89. The second kappa shape index (κ2) is 9.68. The first-order valence-corrected chi connectivity index (χ1v) is 10.5. The highest BCUT2D eigenvalue weighted by Gasteiger charge is 2.27. The summed E-state index contributed by atoms with van der Waals surface area (Å²) in [6.07, 6.45) is 4.04. The summed E-state index contributed by atoms with van der Waals surface area (Å²) in [5, 5.41) is 6.84. The molecule has 1 atom stereocenters. The SMILES string of the molecule is CN=C(NCc1nc(C(C)(C)C)cs1)N1CCC(CN2CCCC2)C1.I. The van der Waals surface area contributed by atoms with E-state index >= 15 is 0 Å². The topological polar surface area (TPSA) is 43.8 Å². The van der Waals surface area contributed by atoms with E-state index in [-0.39, 0.29) is 29.4 Å². The number of thiazole rings is 1. The molecule has 0 bridgehead atoms. The molecule has 0 aromatic carbocycles. The van der Waals surface area contributed by atoms with Crippen molar-refractivity contribution in [1.29, 1.82) is 0 Å². The first-order valence-electron chi connectivity index (χ1n) is 9.58. The molecule has 3 heterocycles. The van der Waals surface area contributed by atoms with Crippen molar-refractivity contribution < 1.29 is 0 Å². The fourth-order valence-corrected chi connectivity index (χ4v) is 4.69. The zero-order chi connectivity index (χ0) is 17.9. The molecule has 26 heavy (non-hydrogen) atoms. The van der Waals surface area contributed by atoms with Gasteiger partial charge in [-0.05, 0) is 38.3 Å². The maximum atomic E-state index is 4.77. The summed E-state index contributed by atoms with van der Waals surface area (Å²) >= 11 is 1.74. The van der Waals surface area contributed by atoms with Gasteiger partial charge in [0.05, 0.1) is 12.2 Å². The van der Waals surface area contributed by atoms with Crippen molar-refractivity contribution in [3.8, 4) is 0 Å². The lowest BCUT2D eigenvalue weighted by Gasteiger charge is -2.23. The largest absolute Gasteiger partial charge is 0.350 e. The third-order valence-electron chi connectivity index (χ3n) is 5.23. The number of aromatic nitrogens is 1. The highest BCUT2D eigenvalue weighted by Crippen LogP contribution is 2.24. The van der Waals surface area contributed by atoms with E-state index in [0.717, 1.165) is 36.5 Å². The van der Waals surface area contributed by atoms with Gasteiger partial charge in [0.25, 0.3) is 0 Å². The Morgan fingerprint density at radius 2 is 2.04 bits per heavy atom. The summed E-state index contributed by atoms with van der Waals surface area (Å²) in [5.74, 6) is 1.81. The Bertz CT molecular complexity index is 589. The van der Waals surface area contributed by atoms with Gasteiger partial charge in [-0.1, -0.05) is 20.8 Å². The molecule has 1 aromatic rings. The molecule has 7 heteroatoms. The van der Waals surface area contributed by atoms with E-state index in [1.54, 1.807) is 11.3 Å². The minimum absolute atomic E-state index is 0. The quantitative estimate of drug-likeness (QED) is 0.398. The second-order valence-electron chi connectivity index (χ2n) is 8.39. The number of hydrogen-bond acceptors (Lipinski definition) is 4. The standard InChI is InChI=1S/C19H33N5S.HI/c1-19(2,3)16-14-25-17(22-16)11-21-18(20-4)24-10-7-15(13-24)12-23-8-5-6-9-23;/h14-15H,5-13H2,1-4H3,(H,20,21);1H.